The summed E-state index contributed by atoms with van der Waals surface area (Å²) in [5.41, 5.74) is 0.179. The highest BCUT2D eigenvalue weighted by atomic mass is 16.7. The second-order valence-corrected chi connectivity index (χ2v) is 3.95. The number of carbonyl (C=O) groups is 1. The number of fused-ring (bicyclic) bond motifs is 1. The van der Waals surface area contributed by atoms with Crippen LogP contribution in [-0.2, 0) is 0 Å². The Balaban J connectivity index is 1.85. The zero-order chi connectivity index (χ0) is 13.2. The predicted molar refractivity (Wildman–Crippen MR) is 66.0 cm³/mol. The highest BCUT2D eigenvalue weighted by Gasteiger charge is 2.14. The first-order chi connectivity index (χ1) is 9.22. The molecule has 1 N–H and O–H groups in total. The van der Waals surface area contributed by atoms with E-state index in [1.807, 2.05) is 0 Å². The SMILES string of the molecule is O=C(O)c1cccc(Oc2ccc3c(c2)OCO3)c1. The number of carboxylic acids is 1. The summed E-state index contributed by atoms with van der Waals surface area (Å²) in [5.74, 6) is 1.32. The highest BCUT2D eigenvalue weighted by molar-refractivity contribution is 5.88. The summed E-state index contributed by atoms with van der Waals surface area (Å²) in [4.78, 5) is 10.9. The summed E-state index contributed by atoms with van der Waals surface area (Å²) >= 11 is 0. The fourth-order valence-electron chi connectivity index (χ4n) is 1.77. The number of aromatic carboxylic acids is 1. The van der Waals surface area contributed by atoms with Gasteiger partial charge in [-0.05, 0) is 30.3 Å². The van der Waals surface area contributed by atoms with Gasteiger partial charge < -0.3 is 19.3 Å². The van der Waals surface area contributed by atoms with E-state index in [-0.39, 0.29) is 12.4 Å². The normalized spacial score (nSPS) is 12.2. The molecule has 1 heterocycles. The number of hydrogen-bond donors (Lipinski definition) is 1. The largest absolute Gasteiger partial charge is 0.478 e. The van der Waals surface area contributed by atoms with Crippen molar-refractivity contribution in [2.45, 2.75) is 0 Å². The van der Waals surface area contributed by atoms with Gasteiger partial charge in [-0.3, -0.25) is 0 Å². The van der Waals surface area contributed by atoms with Gasteiger partial charge in [0.25, 0.3) is 0 Å². The number of rotatable bonds is 3. The van der Waals surface area contributed by atoms with Crippen molar-refractivity contribution in [3.8, 4) is 23.0 Å². The highest BCUT2D eigenvalue weighted by Crippen LogP contribution is 2.36. The van der Waals surface area contributed by atoms with Crippen LogP contribution >= 0.6 is 0 Å². The molecule has 0 unspecified atom stereocenters. The van der Waals surface area contributed by atoms with E-state index in [0.29, 0.717) is 23.0 Å². The molecule has 0 atom stereocenters. The van der Waals surface area contributed by atoms with Gasteiger partial charge in [0.05, 0.1) is 5.56 Å². The van der Waals surface area contributed by atoms with Crippen molar-refractivity contribution in [2.75, 3.05) is 6.79 Å². The molecule has 0 bridgehead atoms. The van der Waals surface area contributed by atoms with Gasteiger partial charge in [0.1, 0.15) is 11.5 Å². The number of benzene rings is 2. The third kappa shape index (κ3) is 2.30. The number of ether oxygens (including phenoxy) is 3. The van der Waals surface area contributed by atoms with Gasteiger partial charge in [0, 0.05) is 6.07 Å². The van der Waals surface area contributed by atoms with Crippen LogP contribution in [0.2, 0.25) is 0 Å². The molecule has 1 aliphatic heterocycles. The van der Waals surface area contributed by atoms with Gasteiger partial charge in [0.2, 0.25) is 6.79 Å². The summed E-state index contributed by atoms with van der Waals surface area (Å²) in [5, 5.41) is 8.91. The van der Waals surface area contributed by atoms with E-state index in [4.69, 9.17) is 19.3 Å². The minimum Gasteiger partial charge on any atom is -0.478 e. The average Bonchev–Trinajstić information content (AvgIpc) is 2.86. The molecule has 3 rings (SSSR count). The van der Waals surface area contributed by atoms with Crippen molar-refractivity contribution in [1.29, 1.82) is 0 Å². The number of carboxylic acid groups (broad SMARTS) is 1. The maximum atomic E-state index is 10.9. The summed E-state index contributed by atoms with van der Waals surface area (Å²) in [6.07, 6.45) is 0. The van der Waals surface area contributed by atoms with Crippen LogP contribution in [0.15, 0.2) is 42.5 Å². The fourth-order valence-corrected chi connectivity index (χ4v) is 1.77. The molecule has 19 heavy (non-hydrogen) atoms. The molecule has 0 aromatic heterocycles. The predicted octanol–water partition coefficient (Wildman–Crippen LogP) is 2.91. The molecule has 0 saturated heterocycles. The lowest BCUT2D eigenvalue weighted by Crippen LogP contribution is -1.96. The summed E-state index contributed by atoms with van der Waals surface area (Å²) in [7, 11) is 0. The van der Waals surface area contributed by atoms with Crippen LogP contribution in [0.1, 0.15) is 10.4 Å². The van der Waals surface area contributed by atoms with Gasteiger partial charge in [-0.2, -0.15) is 0 Å². The van der Waals surface area contributed by atoms with E-state index in [0.717, 1.165) is 0 Å². The molecule has 5 nitrogen and oxygen atoms in total. The second kappa shape index (κ2) is 4.53. The lowest BCUT2D eigenvalue weighted by molar-refractivity contribution is 0.0696. The van der Waals surface area contributed by atoms with Gasteiger partial charge in [-0.1, -0.05) is 6.07 Å². The Morgan fingerprint density at radius 3 is 2.68 bits per heavy atom. The van der Waals surface area contributed by atoms with Crippen molar-refractivity contribution in [3.63, 3.8) is 0 Å². The Morgan fingerprint density at radius 2 is 1.84 bits per heavy atom. The molecule has 0 aliphatic carbocycles. The standard InChI is InChI=1S/C14H10O5/c15-14(16)9-2-1-3-10(6-9)19-11-4-5-12-13(7-11)18-8-17-12/h1-7H,8H2,(H,15,16). The van der Waals surface area contributed by atoms with Crippen LogP contribution in [0.3, 0.4) is 0 Å². The lowest BCUT2D eigenvalue weighted by Gasteiger charge is -2.07. The van der Waals surface area contributed by atoms with E-state index in [9.17, 15) is 4.79 Å². The topological polar surface area (TPSA) is 65.0 Å². The minimum absolute atomic E-state index is 0.179. The molecule has 0 spiro atoms. The van der Waals surface area contributed by atoms with Crippen LogP contribution in [0, 0.1) is 0 Å². The molecular formula is C14H10O5. The summed E-state index contributed by atoms with van der Waals surface area (Å²) in [6, 6.07) is 11.5. The van der Waals surface area contributed by atoms with Crippen LogP contribution in [0.5, 0.6) is 23.0 Å². The van der Waals surface area contributed by atoms with Crippen molar-refractivity contribution < 1.29 is 24.1 Å². The zero-order valence-corrected chi connectivity index (χ0v) is 9.83. The van der Waals surface area contributed by atoms with E-state index in [1.165, 1.54) is 12.1 Å². The van der Waals surface area contributed by atoms with Crippen LogP contribution in [0.4, 0.5) is 0 Å². The van der Waals surface area contributed by atoms with Crippen LogP contribution < -0.4 is 14.2 Å². The molecular weight excluding hydrogens is 248 g/mol. The van der Waals surface area contributed by atoms with E-state index in [1.54, 1.807) is 30.3 Å². The smallest absolute Gasteiger partial charge is 0.335 e. The lowest BCUT2D eigenvalue weighted by atomic mass is 10.2. The van der Waals surface area contributed by atoms with Gasteiger partial charge in [-0.15, -0.1) is 0 Å². The molecule has 5 heteroatoms. The molecule has 2 aromatic carbocycles. The van der Waals surface area contributed by atoms with Crippen molar-refractivity contribution in [3.05, 3.63) is 48.0 Å². The Morgan fingerprint density at radius 1 is 1.05 bits per heavy atom. The van der Waals surface area contributed by atoms with E-state index in [2.05, 4.69) is 0 Å². The second-order valence-electron chi connectivity index (χ2n) is 3.95. The molecule has 0 fully saturated rings. The third-order valence-corrected chi connectivity index (χ3v) is 2.66. The maximum absolute atomic E-state index is 10.9. The first-order valence-electron chi connectivity index (χ1n) is 5.63. The van der Waals surface area contributed by atoms with Gasteiger partial charge in [0.15, 0.2) is 11.5 Å². The Hall–Kier alpha value is -2.69. The summed E-state index contributed by atoms with van der Waals surface area (Å²) < 4.78 is 16.0. The van der Waals surface area contributed by atoms with Crippen molar-refractivity contribution in [2.24, 2.45) is 0 Å². The zero-order valence-electron chi connectivity index (χ0n) is 9.83. The molecule has 0 saturated carbocycles. The number of hydrogen-bond acceptors (Lipinski definition) is 4. The first kappa shape index (κ1) is 11.4. The van der Waals surface area contributed by atoms with Gasteiger partial charge in [-0.25, -0.2) is 4.79 Å². The average molecular weight is 258 g/mol. The minimum atomic E-state index is -0.990. The van der Waals surface area contributed by atoms with Crippen molar-refractivity contribution >= 4 is 5.97 Å². The van der Waals surface area contributed by atoms with Crippen molar-refractivity contribution in [1.82, 2.24) is 0 Å². The Kier molecular flexibility index (Phi) is 2.72. The third-order valence-electron chi connectivity index (χ3n) is 2.66. The Labute approximate surface area is 109 Å². The Bertz CT molecular complexity index is 635. The summed E-state index contributed by atoms with van der Waals surface area (Å²) in [6.45, 7) is 0.202. The first-order valence-corrected chi connectivity index (χ1v) is 5.63. The maximum Gasteiger partial charge on any atom is 0.335 e. The molecule has 2 aromatic rings. The van der Waals surface area contributed by atoms with Gasteiger partial charge >= 0.3 is 5.97 Å². The molecule has 96 valence electrons. The van der Waals surface area contributed by atoms with Crippen LogP contribution in [0.25, 0.3) is 0 Å². The van der Waals surface area contributed by atoms with E-state index >= 15 is 0 Å². The monoisotopic (exact) mass is 258 g/mol. The molecule has 1 aliphatic rings. The quantitative estimate of drug-likeness (QED) is 0.916. The molecule has 0 radical (unpaired) electrons. The fraction of sp³-hybridized carbons (Fsp3) is 0.0714. The van der Waals surface area contributed by atoms with E-state index < -0.39 is 5.97 Å². The van der Waals surface area contributed by atoms with Crippen LogP contribution in [-0.4, -0.2) is 17.9 Å². The molecule has 0 amide bonds.